The number of hydrogen-bond donors (Lipinski definition) is 1. The third-order valence-corrected chi connectivity index (χ3v) is 3.56. The molecule has 88 valence electrons. The zero-order valence-corrected chi connectivity index (χ0v) is 10.6. The molecule has 1 aliphatic heterocycles. The molecule has 0 bridgehead atoms. The maximum absolute atomic E-state index is 5.32. The van der Waals surface area contributed by atoms with Crippen LogP contribution >= 0.6 is 0 Å². The normalized spacial score (nSPS) is 22.6. The van der Waals surface area contributed by atoms with Crippen LogP contribution in [0.25, 0.3) is 0 Å². The Hall–Kier alpha value is -1.02. The quantitative estimate of drug-likeness (QED) is 0.825. The summed E-state index contributed by atoms with van der Waals surface area (Å²) in [6, 6.07) is 6.95. The number of hydrogen-bond acceptors (Lipinski definition) is 2. The van der Waals surface area contributed by atoms with Crippen LogP contribution in [-0.4, -0.2) is 13.7 Å². The highest BCUT2D eigenvalue weighted by Crippen LogP contribution is 2.37. The van der Waals surface area contributed by atoms with Gasteiger partial charge in [0.25, 0.3) is 0 Å². The molecule has 1 atom stereocenters. The summed E-state index contributed by atoms with van der Waals surface area (Å²) < 4.78 is 5.32. The summed E-state index contributed by atoms with van der Waals surface area (Å²) in [4.78, 5) is 0. The van der Waals surface area contributed by atoms with Gasteiger partial charge in [0.2, 0.25) is 0 Å². The van der Waals surface area contributed by atoms with Crippen molar-refractivity contribution in [2.75, 3.05) is 13.7 Å². The number of nitrogens with one attached hydrogen (secondary N) is 1. The van der Waals surface area contributed by atoms with Gasteiger partial charge in [-0.3, -0.25) is 0 Å². The molecule has 2 heteroatoms. The molecule has 16 heavy (non-hydrogen) atoms. The van der Waals surface area contributed by atoms with E-state index in [4.69, 9.17) is 4.74 Å². The molecule has 1 unspecified atom stereocenters. The highest BCUT2D eigenvalue weighted by atomic mass is 16.5. The number of rotatable bonds is 2. The van der Waals surface area contributed by atoms with Crippen molar-refractivity contribution in [3.8, 4) is 5.75 Å². The molecule has 0 saturated heterocycles. The summed E-state index contributed by atoms with van der Waals surface area (Å²) in [5, 5.41) is 3.61. The van der Waals surface area contributed by atoms with Crippen LogP contribution in [0.5, 0.6) is 5.75 Å². The van der Waals surface area contributed by atoms with Crippen molar-refractivity contribution in [2.24, 2.45) is 0 Å². The zero-order valence-electron chi connectivity index (χ0n) is 10.6. The van der Waals surface area contributed by atoms with E-state index in [1.165, 1.54) is 11.1 Å². The van der Waals surface area contributed by atoms with Crippen LogP contribution in [0.3, 0.4) is 0 Å². The van der Waals surface area contributed by atoms with E-state index in [1.807, 2.05) is 0 Å². The molecule has 0 amide bonds. The minimum Gasteiger partial charge on any atom is -0.497 e. The van der Waals surface area contributed by atoms with Crippen LogP contribution in [0, 0.1) is 0 Å². The van der Waals surface area contributed by atoms with E-state index in [9.17, 15) is 0 Å². The Morgan fingerprint density at radius 3 is 2.81 bits per heavy atom. The molecule has 1 aliphatic rings. The topological polar surface area (TPSA) is 21.3 Å². The van der Waals surface area contributed by atoms with Crippen molar-refractivity contribution >= 4 is 0 Å². The summed E-state index contributed by atoms with van der Waals surface area (Å²) in [6.07, 6.45) is 1.13. The van der Waals surface area contributed by atoms with Crippen LogP contribution in [0.1, 0.15) is 44.4 Å². The molecule has 0 spiro atoms. The average Bonchev–Trinajstić information content (AvgIpc) is 2.29. The largest absolute Gasteiger partial charge is 0.497 e. The summed E-state index contributed by atoms with van der Waals surface area (Å²) in [7, 11) is 1.73. The maximum atomic E-state index is 5.32. The van der Waals surface area contributed by atoms with Gasteiger partial charge in [-0.25, -0.2) is 0 Å². The third-order valence-electron chi connectivity index (χ3n) is 3.56. The zero-order chi connectivity index (χ0) is 11.8. The van der Waals surface area contributed by atoms with Crippen molar-refractivity contribution in [1.29, 1.82) is 0 Å². The first-order valence-corrected chi connectivity index (χ1v) is 6.00. The average molecular weight is 219 g/mol. The van der Waals surface area contributed by atoms with Gasteiger partial charge in [0.1, 0.15) is 5.75 Å². The van der Waals surface area contributed by atoms with E-state index >= 15 is 0 Å². The lowest BCUT2D eigenvalue weighted by atomic mass is 9.76. The lowest BCUT2D eigenvalue weighted by Gasteiger charge is -2.38. The van der Waals surface area contributed by atoms with Gasteiger partial charge >= 0.3 is 0 Å². The molecule has 0 saturated carbocycles. The highest BCUT2D eigenvalue weighted by Gasteiger charge is 2.31. The van der Waals surface area contributed by atoms with E-state index in [-0.39, 0.29) is 5.41 Å². The van der Waals surface area contributed by atoms with E-state index in [1.54, 1.807) is 7.11 Å². The first-order valence-electron chi connectivity index (χ1n) is 6.00. The molecule has 1 aromatic carbocycles. The Morgan fingerprint density at radius 2 is 2.19 bits per heavy atom. The predicted molar refractivity (Wildman–Crippen MR) is 67.1 cm³/mol. The molecular formula is C14H21NO. The molecule has 1 heterocycles. The molecule has 1 aromatic rings. The van der Waals surface area contributed by atoms with Crippen LogP contribution in [0.4, 0.5) is 0 Å². The highest BCUT2D eigenvalue weighted by molar-refractivity contribution is 5.43. The monoisotopic (exact) mass is 219 g/mol. The molecule has 0 aliphatic carbocycles. The van der Waals surface area contributed by atoms with E-state index in [2.05, 4.69) is 44.3 Å². The van der Waals surface area contributed by atoms with Crippen molar-refractivity contribution in [2.45, 2.75) is 38.6 Å². The van der Waals surface area contributed by atoms with Gasteiger partial charge in [-0.05, 0) is 29.7 Å². The van der Waals surface area contributed by atoms with E-state index in [0.29, 0.717) is 6.04 Å². The SMILES string of the molecule is CCC1NCC(C)(C)c2cc(OC)ccc21. The van der Waals surface area contributed by atoms with Gasteiger partial charge in [-0.1, -0.05) is 26.8 Å². The van der Waals surface area contributed by atoms with Crippen molar-refractivity contribution in [3.05, 3.63) is 29.3 Å². The van der Waals surface area contributed by atoms with Crippen molar-refractivity contribution in [3.63, 3.8) is 0 Å². The smallest absolute Gasteiger partial charge is 0.119 e. The molecule has 2 nitrogen and oxygen atoms in total. The molecule has 0 aromatic heterocycles. The summed E-state index contributed by atoms with van der Waals surface area (Å²) in [5.74, 6) is 0.962. The van der Waals surface area contributed by atoms with Gasteiger partial charge in [-0.15, -0.1) is 0 Å². The Kier molecular flexibility index (Phi) is 2.94. The van der Waals surface area contributed by atoms with Gasteiger partial charge < -0.3 is 10.1 Å². The van der Waals surface area contributed by atoms with Crippen LogP contribution in [-0.2, 0) is 5.41 Å². The number of methoxy groups -OCH3 is 1. The van der Waals surface area contributed by atoms with Gasteiger partial charge in [0.05, 0.1) is 7.11 Å². The number of fused-ring (bicyclic) bond motifs is 1. The first kappa shape index (κ1) is 11.5. The van der Waals surface area contributed by atoms with Gasteiger partial charge in [0.15, 0.2) is 0 Å². The minimum atomic E-state index is 0.190. The fraction of sp³-hybridized carbons (Fsp3) is 0.571. The van der Waals surface area contributed by atoms with E-state index < -0.39 is 0 Å². The van der Waals surface area contributed by atoms with Crippen LogP contribution in [0.2, 0.25) is 0 Å². The van der Waals surface area contributed by atoms with Gasteiger partial charge in [-0.2, -0.15) is 0 Å². The maximum Gasteiger partial charge on any atom is 0.119 e. The Labute approximate surface area is 98.0 Å². The first-order chi connectivity index (χ1) is 7.58. The molecule has 1 N–H and O–H groups in total. The Balaban J connectivity index is 2.51. The Morgan fingerprint density at radius 1 is 1.44 bits per heavy atom. The standard InChI is InChI=1S/C14H21NO/c1-5-13-11-7-6-10(16-4)8-12(11)14(2,3)9-15-13/h6-8,13,15H,5,9H2,1-4H3. The molecule has 0 fully saturated rings. The molecule has 2 rings (SSSR count). The number of ether oxygens (including phenoxy) is 1. The summed E-state index contributed by atoms with van der Waals surface area (Å²) >= 11 is 0. The van der Waals surface area contributed by atoms with Gasteiger partial charge in [0, 0.05) is 18.0 Å². The van der Waals surface area contributed by atoms with Crippen LogP contribution in [0.15, 0.2) is 18.2 Å². The summed E-state index contributed by atoms with van der Waals surface area (Å²) in [6.45, 7) is 7.82. The number of benzene rings is 1. The van der Waals surface area contributed by atoms with Crippen molar-refractivity contribution < 1.29 is 4.74 Å². The second kappa shape index (κ2) is 4.10. The van der Waals surface area contributed by atoms with E-state index in [0.717, 1.165) is 18.7 Å². The second-order valence-corrected chi connectivity index (χ2v) is 5.18. The van der Waals surface area contributed by atoms with Crippen molar-refractivity contribution in [1.82, 2.24) is 5.32 Å². The third kappa shape index (κ3) is 1.82. The fourth-order valence-corrected chi connectivity index (χ4v) is 2.50. The fourth-order valence-electron chi connectivity index (χ4n) is 2.50. The Bertz CT molecular complexity index is 384. The predicted octanol–water partition coefficient (Wildman–Crippen LogP) is 3.03. The minimum absolute atomic E-state index is 0.190. The lowest BCUT2D eigenvalue weighted by molar-refractivity contribution is 0.369. The molecular weight excluding hydrogens is 198 g/mol. The summed E-state index contributed by atoms with van der Waals surface area (Å²) in [5.41, 5.74) is 3.05. The second-order valence-electron chi connectivity index (χ2n) is 5.18. The molecule has 0 radical (unpaired) electrons. The lowest BCUT2D eigenvalue weighted by Crippen LogP contribution is -2.41. The van der Waals surface area contributed by atoms with Crippen LogP contribution < -0.4 is 10.1 Å².